The summed E-state index contributed by atoms with van der Waals surface area (Å²) in [6.07, 6.45) is 1.88. The predicted octanol–water partition coefficient (Wildman–Crippen LogP) is 2.29. The maximum Gasteiger partial charge on any atom is 0.0844 e. The van der Waals surface area contributed by atoms with Crippen LogP contribution in [0.25, 0.3) is 0 Å². The van der Waals surface area contributed by atoms with Gasteiger partial charge in [0, 0.05) is 12.1 Å². The van der Waals surface area contributed by atoms with Crippen molar-refractivity contribution in [2.45, 2.75) is 52.6 Å². The molecule has 18 heavy (non-hydrogen) atoms. The van der Waals surface area contributed by atoms with E-state index in [-0.39, 0.29) is 12.1 Å². The minimum atomic E-state index is -0.255. The third-order valence-electron chi connectivity index (χ3n) is 3.32. The Morgan fingerprint density at radius 3 is 2.56 bits per heavy atom. The Labute approximate surface area is 114 Å². The second-order valence-corrected chi connectivity index (χ2v) is 5.48. The number of hydrogen-bond donors (Lipinski definition) is 2. The van der Waals surface area contributed by atoms with Crippen LogP contribution < -0.4 is 5.32 Å². The largest absolute Gasteiger partial charge is 0.394 e. The van der Waals surface area contributed by atoms with E-state index in [0.29, 0.717) is 0 Å². The second kappa shape index (κ2) is 6.55. The monoisotopic (exact) mass is 273 g/mol. The number of nitrogens with one attached hydrogen (secondary N) is 1. The molecule has 0 aliphatic carbocycles. The second-order valence-electron chi connectivity index (χ2n) is 5.10. The van der Waals surface area contributed by atoms with Crippen LogP contribution in [0.5, 0.6) is 0 Å². The van der Waals surface area contributed by atoms with Crippen LogP contribution in [0, 0.1) is 13.8 Å². The van der Waals surface area contributed by atoms with Gasteiger partial charge in [0.15, 0.2) is 0 Å². The molecule has 1 aromatic rings. The van der Waals surface area contributed by atoms with E-state index in [1.165, 1.54) is 0 Å². The van der Waals surface area contributed by atoms with E-state index in [1.54, 1.807) is 0 Å². The molecule has 1 unspecified atom stereocenters. The summed E-state index contributed by atoms with van der Waals surface area (Å²) in [5.74, 6) is 0. The van der Waals surface area contributed by atoms with Gasteiger partial charge >= 0.3 is 0 Å². The fraction of sp³-hybridized carbons (Fsp3) is 0.769. The summed E-state index contributed by atoms with van der Waals surface area (Å²) in [5.41, 5.74) is 1.60. The summed E-state index contributed by atoms with van der Waals surface area (Å²) in [5, 5.41) is 18.0. The Morgan fingerprint density at radius 2 is 2.11 bits per heavy atom. The van der Waals surface area contributed by atoms with Crippen LogP contribution in [0.15, 0.2) is 0 Å². The minimum Gasteiger partial charge on any atom is -0.394 e. The SMILES string of the molecule is CCCNC(C)(CO)CCn1nc(C)c(Cl)c1C. The molecule has 5 heteroatoms. The summed E-state index contributed by atoms with van der Waals surface area (Å²) in [4.78, 5) is 0. The maximum absolute atomic E-state index is 9.50. The van der Waals surface area contributed by atoms with E-state index >= 15 is 0 Å². The van der Waals surface area contributed by atoms with Crippen molar-refractivity contribution in [2.24, 2.45) is 0 Å². The Kier molecular flexibility index (Phi) is 5.63. The molecule has 0 bridgehead atoms. The van der Waals surface area contributed by atoms with Crippen molar-refractivity contribution >= 4 is 11.6 Å². The molecule has 1 rings (SSSR count). The molecular formula is C13H24ClN3O. The highest BCUT2D eigenvalue weighted by Crippen LogP contribution is 2.20. The number of aryl methyl sites for hydroxylation is 2. The number of aliphatic hydroxyl groups excluding tert-OH is 1. The average Bonchev–Trinajstić information content (AvgIpc) is 2.61. The molecule has 104 valence electrons. The zero-order valence-electron chi connectivity index (χ0n) is 11.8. The van der Waals surface area contributed by atoms with Crippen LogP contribution in [-0.4, -0.2) is 33.6 Å². The summed E-state index contributed by atoms with van der Waals surface area (Å²) < 4.78 is 1.92. The van der Waals surface area contributed by atoms with Crippen LogP contribution in [0.1, 0.15) is 38.1 Å². The highest BCUT2D eigenvalue weighted by molar-refractivity contribution is 6.31. The van der Waals surface area contributed by atoms with E-state index in [9.17, 15) is 5.11 Å². The zero-order valence-corrected chi connectivity index (χ0v) is 12.5. The molecule has 0 spiro atoms. The molecule has 0 radical (unpaired) electrons. The van der Waals surface area contributed by atoms with Crippen molar-refractivity contribution in [2.75, 3.05) is 13.2 Å². The Balaban J connectivity index is 2.64. The van der Waals surface area contributed by atoms with Gasteiger partial charge in [-0.1, -0.05) is 18.5 Å². The number of aliphatic hydroxyl groups is 1. The van der Waals surface area contributed by atoms with Crippen molar-refractivity contribution < 1.29 is 5.11 Å². The first kappa shape index (κ1) is 15.5. The van der Waals surface area contributed by atoms with E-state index in [0.717, 1.165) is 42.3 Å². The van der Waals surface area contributed by atoms with E-state index in [1.807, 2.05) is 25.5 Å². The molecule has 0 aliphatic rings. The first-order chi connectivity index (χ1) is 8.43. The third-order valence-corrected chi connectivity index (χ3v) is 3.87. The van der Waals surface area contributed by atoms with Gasteiger partial charge in [0.2, 0.25) is 0 Å². The smallest absolute Gasteiger partial charge is 0.0844 e. The van der Waals surface area contributed by atoms with Crippen molar-refractivity contribution in [3.05, 3.63) is 16.4 Å². The van der Waals surface area contributed by atoms with Gasteiger partial charge in [-0.3, -0.25) is 4.68 Å². The lowest BCUT2D eigenvalue weighted by molar-refractivity contribution is 0.159. The molecule has 0 aliphatic heterocycles. The first-order valence-corrected chi connectivity index (χ1v) is 6.86. The van der Waals surface area contributed by atoms with Gasteiger partial charge in [-0.15, -0.1) is 0 Å². The van der Waals surface area contributed by atoms with Crippen LogP contribution in [0.3, 0.4) is 0 Å². The van der Waals surface area contributed by atoms with Crippen molar-refractivity contribution in [1.29, 1.82) is 0 Å². The normalized spacial score (nSPS) is 14.8. The quantitative estimate of drug-likeness (QED) is 0.801. The van der Waals surface area contributed by atoms with E-state index < -0.39 is 0 Å². The predicted molar refractivity (Wildman–Crippen MR) is 75.1 cm³/mol. The standard InChI is InChI=1S/C13H24ClN3O/c1-5-7-15-13(4,9-18)6-8-17-11(3)12(14)10(2)16-17/h15,18H,5-9H2,1-4H3. The van der Waals surface area contributed by atoms with Crippen molar-refractivity contribution in [3.63, 3.8) is 0 Å². The van der Waals surface area contributed by atoms with Crippen molar-refractivity contribution in [1.82, 2.24) is 15.1 Å². The third kappa shape index (κ3) is 3.70. The van der Waals surface area contributed by atoms with Crippen LogP contribution in [-0.2, 0) is 6.54 Å². The van der Waals surface area contributed by atoms with Crippen LogP contribution >= 0.6 is 11.6 Å². The zero-order chi connectivity index (χ0) is 13.8. The molecule has 0 aromatic carbocycles. The summed E-state index contributed by atoms with van der Waals surface area (Å²) in [6.45, 7) is 9.83. The van der Waals surface area contributed by atoms with E-state index in [2.05, 4.69) is 17.3 Å². The topological polar surface area (TPSA) is 50.1 Å². The molecule has 1 atom stereocenters. The molecule has 0 fully saturated rings. The number of aromatic nitrogens is 2. The summed E-state index contributed by atoms with van der Waals surface area (Å²) in [7, 11) is 0. The summed E-state index contributed by atoms with van der Waals surface area (Å²) in [6, 6.07) is 0. The van der Waals surface area contributed by atoms with E-state index in [4.69, 9.17) is 11.6 Å². The van der Waals surface area contributed by atoms with Gasteiger partial charge in [-0.05, 0) is 40.2 Å². The molecule has 4 nitrogen and oxygen atoms in total. The maximum atomic E-state index is 9.50. The van der Waals surface area contributed by atoms with Gasteiger partial charge in [-0.2, -0.15) is 5.10 Å². The van der Waals surface area contributed by atoms with Gasteiger partial charge in [0.1, 0.15) is 0 Å². The summed E-state index contributed by atoms with van der Waals surface area (Å²) >= 11 is 6.12. The van der Waals surface area contributed by atoms with Gasteiger partial charge < -0.3 is 10.4 Å². The molecule has 2 N–H and O–H groups in total. The Hall–Kier alpha value is -0.580. The Morgan fingerprint density at radius 1 is 1.44 bits per heavy atom. The number of hydrogen-bond acceptors (Lipinski definition) is 3. The van der Waals surface area contributed by atoms with Gasteiger partial charge in [-0.25, -0.2) is 0 Å². The van der Waals surface area contributed by atoms with Crippen LogP contribution in [0.4, 0.5) is 0 Å². The Bertz CT molecular complexity index is 392. The molecule has 0 amide bonds. The van der Waals surface area contributed by atoms with Gasteiger partial charge in [0.25, 0.3) is 0 Å². The molecule has 1 aromatic heterocycles. The number of nitrogens with zero attached hydrogens (tertiary/aromatic N) is 2. The minimum absolute atomic E-state index is 0.125. The lowest BCUT2D eigenvalue weighted by Gasteiger charge is -2.29. The molecule has 0 saturated heterocycles. The average molecular weight is 274 g/mol. The fourth-order valence-electron chi connectivity index (χ4n) is 1.90. The molecular weight excluding hydrogens is 250 g/mol. The highest BCUT2D eigenvalue weighted by Gasteiger charge is 2.22. The first-order valence-electron chi connectivity index (χ1n) is 6.49. The number of rotatable bonds is 7. The van der Waals surface area contributed by atoms with Crippen LogP contribution in [0.2, 0.25) is 5.02 Å². The molecule has 0 saturated carbocycles. The highest BCUT2D eigenvalue weighted by atomic mass is 35.5. The number of halogens is 1. The molecule has 1 heterocycles. The van der Waals surface area contributed by atoms with Gasteiger partial charge in [0.05, 0.1) is 23.0 Å². The lowest BCUT2D eigenvalue weighted by Crippen LogP contribution is -2.46. The fourth-order valence-corrected chi connectivity index (χ4v) is 2.03. The van der Waals surface area contributed by atoms with Crippen molar-refractivity contribution in [3.8, 4) is 0 Å². The lowest BCUT2D eigenvalue weighted by atomic mass is 9.99.